The molecule has 1 aliphatic heterocycles. The topological polar surface area (TPSA) is 118 Å². The standard InChI is InChI=1S/C40H31NO7/c1-48-39(47)41-37(45)27-19-18-26-30(33(27)38(41)46)20-31-36(44)29(22-10-4-2-5-11-22)21-32(42)40(31,24-13-6-3-7-14-24)34(26)28-17-16-23-12-8-9-15-25(23)35(28)43/h2-18,21,27,30-31,33-34,43H,19-20H2,1H3/t27-,30+,31-,33-,34+,40-/m0/s1. The van der Waals surface area contributed by atoms with Gasteiger partial charge in [-0.15, -0.1) is 0 Å². The van der Waals surface area contributed by atoms with Crippen molar-refractivity contribution in [1.29, 1.82) is 0 Å². The molecule has 4 aliphatic rings. The Kier molecular flexibility index (Phi) is 6.80. The van der Waals surface area contributed by atoms with E-state index in [-0.39, 0.29) is 35.7 Å². The van der Waals surface area contributed by atoms with Crippen LogP contribution in [0.2, 0.25) is 0 Å². The van der Waals surface area contributed by atoms with Crippen LogP contribution in [0.5, 0.6) is 5.75 Å². The fraction of sp³-hybridized carbons (Fsp3) is 0.225. The molecule has 8 heteroatoms. The Morgan fingerprint density at radius 3 is 2.25 bits per heavy atom. The summed E-state index contributed by atoms with van der Waals surface area (Å²) in [5.74, 6) is -6.10. The molecule has 1 saturated heterocycles. The van der Waals surface area contributed by atoms with Crippen molar-refractivity contribution in [2.75, 3.05) is 7.11 Å². The second-order valence-electron chi connectivity index (χ2n) is 13.0. The van der Waals surface area contributed by atoms with Crippen molar-refractivity contribution in [2.24, 2.45) is 23.7 Å². The first-order chi connectivity index (χ1) is 23.3. The summed E-state index contributed by atoms with van der Waals surface area (Å²) in [5, 5.41) is 13.4. The van der Waals surface area contributed by atoms with Crippen molar-refractivity contribution in [2.45, 2.75) is 24.2 Å². The summed E-state index contributed by atoms with van der Waals surface area (Å²) >= 11 is 0. The number of phenolic OH excluding ortho intramolecular Hbond substituents is 1. The van der Waals surface area contributed by atoms with Crippen molar-refractivity contribution in [3.05, 3.63) is 131 Å². The molecule has 1 saturated carbocycles. The molecule has 6 atom stereocenters. The van der Waals surface area contributed by atoms with Crippen LogP contribution in [0.3, 0.4) is 0 Å². The number of carbonyl (C=O) groups excluding carboxylic acids is 5. The molecular formula is C40H31NO7. The number of imide groups is 3. The van der Waals surface area contributed by atoms with Crippen LogP contribution in [0.4, 0.5) is 4.79 Å². The number of ether oxygens (including phenoxy) is 1. The number of hydrogen-bond acceptors (Lipinski definition) is 7. The van der Waals surface area contributed by atoms with Gasteiger partial charge in [-0.3, -0.25) is 19.2 Å². The number of ketones is 2. The van der Waals surface area contributed by atoms with Gasteiger partial charge in [0.1, 0.15) is 5.75 Å². The molecule has 2 fully saturated rings. The Bertz CT molecular complexity index is 2120. The van der Waals surface area contributed by atoms with Crippen LogP contribution >= 0.6 is 0 Å². The van der Waals surface area contributed by atoms with E-state index in [1.54, 1.807) is 36.4 Å². The second-order valence-corrected chi connectivity index (χ2v) is 13.0. The third kappa shape index (κ3) is 3.98. The molecule has 8 rings (SSSR count). The number of rotatable bonds is 3. The summed E-state index contributed by atoms with van der Waals surface area (Å²) in [7, 11) is 1.12. The number of amides is 3. The third-order valence-corrected chi connectivity index (χ3v) is 11.0. The maximum atomic E-state index is 15.1. The second kappa shape index (κ2) is 11.0. The van der Waals surface area contributed by atoms with E-state index >= 15 is 4.79 Å². The van der Waals surface area contributed by atoms with E-state index in [2.05, 4.69) is 0 Å². The van der Waals surface area contributed by atoms with Crippen LogP contribution in [0.1, 0.15) is 35.4 Å². The number of allylic oxidation sites excluding steroid dienone is 4. The minimum atomic E-state index is -1.47. The molecule has 0 aromatic heterocycles. The molecule has 0 bridgehead atoms. The first kappa shape index (κ1) is 29.8. The number of benzene rings is 4. The lowest BCUT2D eigenvalue weighted by Crippen LogP contribution is -2.58. The van der Waals surface area contributed by atoms with Gasteiger partial charge in [0, 0.05) is 28.4 Å². The summed E-state index contributed by atoms with van der Waals surface area (Å²) in [6.07, 6.45) is 2.55. The molecule has 1 N–H and O–H groups in total. The zero-order chi connectivity index (χ0) is 33.3. The maximum absolute atomic E-state index is 15.1. The van der Waals surface area contributed by atoms with E-state index in [1.165, 1.54) is 6.08 Å². The van der Waals surface area contributed by atoms with E-state index in [9.17, 15) is 24.3 Å². The predicted molar refractivity (Wildman–Crippen MR) is 176 cm³/mol. The molecule has 0 unspecified atom stereocenters. The molecule has 8 nitrogen and oxygen atoms in total. The normalized spacial score (nSPS) is 27.9. The first-order valence-corrected chi connectivity index (χ1v) is 16.1. The summed E-state index contributed by atoms with van der Waals surface area (Å²) in [4.78, 5) is 70.8. The predicted octanol–water partition coefficient (Wildman–Crippen LogP) is 6.14. The number of nitrogens with zero attached hydrogens (tertiary/aromatic N) is 1. The largest absolute Gasteiger partial charge is 0.507 e. The Hall–Kier alpha value is -5.63. The maximum Gasteiger partial charge on any atom is 0.423 e. The lowest BCUT2D eigenvalue weighted by atomic mass is 9.44. The Morgan fingerprint density at radius 2 is 1.52 bits per heavy atom. The van der Waals surface area contributed by atoms with E-state index in [0.29, 0.717) is 32.5 Å². The minimum absolute atomic E-state index is 0.0149. The fourth-order valence-corrected chi connectivity index (χ4v) is 8.99. The van der Waals surface area contributed by atoms with Crippen molar-refractivity contribution < 1.29 is 33.8 Å². The van der Waals surface area contributed by atoms with Gasteiger partial charge in [0.2, 0.25) is 11.8 Å². The van der Waals surface area contributed by atoms with Gasteiger partial charge in [-0.1, -0.05) is 109 Å². The molecule has 4 aromatic carbocycles. The number of phenols is 1. The Labute approximate surface area is 276 Å². The van der Waals surface area contributed by atoms with Crippen LogP contribution in [0, 0.1) is 23.7 Å². The zero-order valence-corrected chi connectivity index (χ0v) is 26.0. The third-order valence-electron chi connectivity index (χ3n) is 11.0. The SMILES string of the molecule is COC(=O)N1C(=O)[C@H]2[C@H](CC=C3[C@H]2C[C@H]2C(=O)C(c4ccccc4)=CC(=O)[C@@]2(c2ccccc2)[C@H]3c2ccc3ccccc3c2O)C1=O. The average molecular weight is 638 g/mol. The van der Waals surface area contributed by atoms with E-state index in [4.69, 9.17) is 4.74 Å². The van der Waals surface area contributed by atoms with Gasteiger partial charge in [-0.2, -0.15) is 4.90 Å². The van der Waals surface area contributed by atoms with Gasteiger partial charge in [0.15, 0.2) is 11.6 Å². The number of methoxy groups -OCH3 is 1. The fourth-order valence-electron chi connectivity index (χ4n) is 8.99. The van der Waals surface area contributed by atoms with Crippen LogP contribution in [-0.4, -0.2) is 46.6 Å². The Balaban J connectivity index is 1.42. The first-order valence-electron chi connectivity index (χ1n) is 16.1. The van der Waals surface area contributed by atoms with Crippen LogP contribution in [0.15, 0.2) is 115 Å². The number of hydrogen-bond donors (Lipinski definition) is 1. The number of aromatic hydroxyl groups is 1. The minimum Gasteiger partial charge on any atom is -0.507 e. The van der Waals surface area contributed by atoms with Gasteiger partial charge in [0.25, 0.3) is 0 Å². The quantitative estimate of drug-likeness (QED) is 0.212. The molecular weight excluding hydrogens is 606 g/mol. The highest BCUT2D eigenvalue weighted by atomic mass is 16.5. The molecule has 3 amide bonds. The van der Waals surface area contributed by atoms with Crippen molar-refractivity contribution >= 4 is 45.8 Å². The van der Waals surface area contributed by atoms with Crippen molar-refractivity contribution in [1.82, 2.24) is 4.90 Å². The molecule has 48 heavy (non-hydrogen) atoms. The summed E-state index contributed by atoms with van der Waals surface area (Å²) in [5.41, 5.74) is 1.20. The van der Waals surface area contributed by atoms with Crippen LogP contribution in [0.25, 0.3) is 16.3 Å². The number of fused-ring (bicyclic) bond motifs is 5. The zero-order valence-electron chi connectivity index (χ0n) is 26.0. The highest BCUT2D eigenvalue weighted by molar-refractivity contribution is 6.32. The summed E-state index contributed by atoms with van der Waals surface area (Å²) < 4.78 is 4.81. The van der Waals surface area contributed by atoms with Gasteiger partial charge >= 0.3 is 6.09 Å². The van der Waals surface area contributed by atoms with Gasteiger partial charge in [0.05, 0.1) is 24.4 Å². The van der Waals surface area contributed by atoms with Crippen molar-refractivity contribution in [3.63, 3.8) is 0 Å². The number of likely N-dealkylation sites (tertiary alicyclic amines) is 1. The van der Waals surface area contributed by atoms with Gasteiger partial charge in [-0.25, -0.2) is 4.79 Å². The van der Waals surface area contributed by atoms with Crippen LogP contribution < -0.4 is 0 Å². The van der Waals surface area contributed by atoms with E-state index in [1.807, 2.05) is 66.7 Å². The number of Topliss-reactive ketones (excluding diaryl/α,β-unsaturated/α-hetero) is 1. The van der Waals surface area contributed by atoms with Crippen molar-refractivity contribution in [3.8, 4) is 5.75 Å². The summed E-state index contributed by atoms with van der Waals surface area (Å²) in [6.45, 7) is 0. The van der Waals surface area contributed by atoms with E-state index in [0.717, 1.165) is 12.5 Å². The van der Waals surface area contributed by atoms with Gasteiger partial charge in [-0.05, 0) is 41.3 Å². The average Bonchev–Trinajstić information content (AvgIpc) is 3.38. The Morgan fingerprint density at radius 1 is 0.833 bits per heavy atom. The highest BCUT2D eigenvalue weighted by Crippen LogP contribution is 2.64. The molecule has 0 spiro atoms. The monoisotopic (exact) mass is 637 g/mol. The highest BCUT2D eigenvalue weighted by Gasteiger charge is 2.66. The molecule has 3 aliphatic carbocycles. The van der Waals surface area contributed by atoms with Crippen LogP contribution in [-0.2, 0) is 29.3 Å². The lowest BCUT2D eigenvalue weighted by Gasteiger charge is -2.55. The molecule has 4 aromatic rings. The van der Waals surface area contributed by atoms with E-state index < -0.39 is 52.9 Å². The molecule has 238 valence electrons. The number of carbonyl (C=O) groups is 5. The summed E-state index contributed by atoms with van der Waals surface area (Å²) in [6, 6.07) is 29.3. The molecule has 0 radical (unpaired) electrons. The van der Waals surface area contributed by atoms with Gasteiger partial charge < -0.3 is 9.84 Å². The molecule has 1 heterocycles. The lowest BCUT2D eigenvalue weighted by molar-refractivity contribution is -0.138. The smallest absolute Gasteiger partial charge is 0.423 e.